The molecule has 0 heterocycles. The van der Waals surface area contributed by atoms with Gasteiger partial charge in [-0.15, -0.1) is 0 Å². The van der Waals surface area contributed by atoms with E-state index in [4.69, 9.17) is 4.65 Å². The van der Waals surface area contributed by atoms with Crippen molar-refractivity contribution < 1.29 is 10.1 Å². The molecule has 1 aliphatic carbocycles. The van der Waals surface area contributed by atoms with Gasteiger partial charge in [-0.1, -0.05) is 52.4 Å². The molecule has 0 aliphatic heterocycles. The first-order valence-electron chi connectivity index (χ1n) is 5.03. The van der Waals surface area contributed by atoms with Crippen molar-refractivity contribution in [2.45, 2.75) is 52.4 Å². The first-order valence-corrected chi connectivity index (χ1v) is 5.03. The van der Waals surface area contributed by atoms with Crippen LogP contribution in [0.3, 0.4) is 0 Å². The molecule has 0 spiro atoms. The predicted molar refractivity (Wildman–Crippen MR) is 53.6 cm³/mol. The van der Waals surface area contributed by atoms with Crippen LogP contribution in [0.5, 0.6) is 0 Å². The van der Waals surface area contributed by atoms with Crippen molar-refractivity contribution in [3.63, 3.8) is 0 Å². The van der Waals surface area contributed by atoms with Crippen LogP contribution in [0, 0.1) is 18.5 Å². The summed E-state index contributed by atoms with van der Waals surface area (Å²) in [5.41, 5.74) is 0. The molecule has 0 aromatic heterocycles. The maximum absolute atomic E-state index is 7.50. The van der Waals surface area contributed by atoms with Gasteiger partial charge in [-0.3, -0.25) is 0 Å². The summed E-state index contributed by atoms with van der Waals surface area (Å²) in [6, 6.07) is 0. The second-order valence-electron chi connectivity index (χ2n) is 3.91. The van der Waals surface area contributed by atoms with Crippen LogP contribution < -0.4 is 0 Å². The molecule has 1 saturated carbocycles. The van der Waals surface area contributed by atoms with E-state index < -0.39 is 0 Å². The second kappa shape index (κ2) is 9.79. The van der Waals surface area contributed by atoms with E-state index in [1.54, 1.807) is 0 Å². The molecule has 0 radical (unpaired) electrons. The number of hydrogen-bond acceptors (Lipinski definition) is 0. The second-order valence-corrected chi connectivity index (χ2v) is 3.91. The van der Waals surface area contributed by atoms with Gasteiger partial charge in [0.2, 0.25) is 0 Å². The minimum absolute atomic E-state index is 0. The minimum atomic E-state index is 0. The van der Waals surface area contributed by atoms with Crippen molar-refractivity contribution in [3.05, 3.63) is 6.65 Å². The average molecular weight is 186 g/mol. The molecule has 0 aromatic rings. The van der Waals surface area contributed by atoms with Gasteiger partial charge in [0.25, 0.3) is 0 Å². The van der Waals surface area contributed by atoms with Crippen LogP contribution in [0.25, 0.3) is 0 Å². The summed E-state index contributed by atoms with van der Waals surface area (Å²) in [5.74, 6) is 2.11. The summed E-state index contributed by atoms with van der Waals surface area (Å²) in [5, 5.41) is 0. The van der Waals surface area contributed by atoms with Crippen LogP contribution in [0.4, 0.5) is 0 Å². The van der Waals surface area contributed by atoms with Gasteiger partial charge in [0.05, 0.1) is 0 Å². The monoisotopic (exact) mass is 186 g/mol. The van der Waals surface area contributed by atoms with Crippen LogP contribution in [-0.2, 0) is 4.65 Å². The van der Waals surface area contributed by atoms with Gasteiger partial charge in [0.1, 0.15) is 0 Å². The molecular formula is C11H22O2. The fourth-order valence-electron chi connectivity index (χ4n) is 2.03. The maximum atomic E-state index is 7.50. The van der Waals surface area contributed by atoms with Gasteiger partial charge in [-0.05, 0) is 11.8 Å². The third-order valence-electron chi connectivity index (χ3n) is 2.83. The quantitative estimate of drug-likeness (QED) is 0.470. The molecule has 0 amide bonds. The Kier molecular flexibility index (Phi) is 11.4. The van der Waals surface area contributed by atoms with E-state index in [2.05, 4.69) is 20.5 Å². The average Bonchev–Trinajstić information content (AvgIpc) is 2.13. The summed E-state index contributed by atoms with van der Waals surface area (Å²) in [6.07, 6.45) is 8.87. The van der Waals surface area contributed by atoms with Crippen LogP contribution >= 0.6 is 0 Å². The zero-order valence-corrected chi connectivity index (χ0v) is 8.81. The molecule has 0 bridgehead atoms. The fraction of sp³-hybridized carbons (Fsp3) is 0.909. The van der Waals surface area contributed by atoms with Crippen molar-refractivity contribution >= 4 is 0 Å². The Morgan fingerprint density at radius 2 is 1.62 bits per heavy atom. The van der Waals surface area contributed by atoms with Crippen LogP contribution in [0.15, 0.2) is 0 Å². The molecule has 0 aromatic carbocycles. The number of rotatable bonds is 2. The molecule has 0 unspecified atom stereocenters. The van der Waals surface area contributed by atoms with Gasteiger partial charge in [0, 0.05) is 0 Å². The van der Waals surface area contributed by atoms with E-state index in [9.17, 15) is 0 Å². The van der Waals surface area contributed by atoms with E-state index in [1.165, 1.54) is 38.5 Å². The normalized spacial score (nSPS) is 26.5. The standard InChI is InChI=1S/C10H20.CO.H2O/c1-3-4-10-7-5-9(2)6-8-10;1-2;/h9-10H,3-8H2,1-2H3;;1H2. The van der Waals surface area contributed by atoms with Gasteiger partial charge in [-0.25, -0.2) is 0 Å². The molecule has 2 N–H and O–H groups in total. The molecule has 13 heavy (non-hydrogen) atoms. The fourth-order valence-corrected chi connectivity index (χ4v) is 2.03. The molecular weight excluding hydrogens is 164 g/mol. The van der Waals surface area contributed by atoms with Gasteiger partial charge < -0.3 is 5.48 Å². The molecule has 1 fully saturated rings. The van der Waals surface area contributed by atoms with Crippen molar-refractivity contribution in [1.82, 2.24) is 0 Å². The van der Waals surface area contributed by atoms with E-state index in [1.807, 2.05) is 0 Å². The van der Waals surface area contributed by atoms with E-state index in [-0.39, 0.29) is 5.48 Å². The Morgan fingerprint density at radius 3 is 2.00 bits per heavy atom. The van der Waals surface area contributed by atoms with Crippen LogP contribution in [-0.4, -0.2) is 5.48 Å². The van der Waals surface area contributed by atoms with E-state index in [0.29, 0.717) is 0 Å². The topological polar surface area (TPSA) is 51.4 Å². The summed E-state index contributed by atoms with van der Waals surface area (Å²) < 4.78 is 7.50. The molecule has 1 aliphatic rings. The SMILES string of the molecule is CCCC1CCC(C)CC1.O.[C-]#[O+]. The molecule has 0 saturated heterocycles. The van der Waals surface area contributed by atoms with E-state index in [0.717, 1.165) is 11.8 Å². The molecule has 0 atom stereocenters. The molecule has 2 nitrogen and oxygen atoms in total. The Balaban J connectivity index is 0. The predicted octanol–water partition coefficient (Wildman–Crippen LogP) is 2.75. The van der Waals surface area contributed by atoms with Crippen molar-refractivity contribution in [2.24, 2.45) is 11.8 Å². The van der Waals surface area contributed by atoms with Crippen LogP contribution in [0.2, 0.25) is 0 Å². The zero-order valence-electron chi connectivity index (χ0n) is 8.81. The molecule has 78 valence electrons. The van der Waals surface area contributed by atoms with Crippen molar-refractivity contribution in [3.8, 4) is 0 Å². The van der Waals surface area contributed by atoms with Gasteiger partial charge in [-0.2, -0.15) is 0 Å². The number of hydrogen-bond donors (Lipinski definition) is 0. The van der Waals surface area contributed by atoms with E-state index >= 15 is 0 Å². The Hall–Kier alpha value is -0.300. The van der Waals surface area contributed by atoms with Crippen molar-refractivity contribution in [1.29, 1.82) is 0 Å². The van der Waals surface area contributed by atoms with Gasteiger partial charge in [0.15, 0.2) is 0 Å². The summed E-state index contributed by atoms with van der Waals surface area (Å²) in [7, 11) is 0. The first kappa shape index (κ1) is 15.2. The Bertz CT molecular complexity index is 113. The molecule has 1 rings (SSSR count). The molecule has 2 heteroatoms. The van der Waals surface area contributed by atoms with Gasteiger partial charge >= 0.3 is 11.3 Å². The summed E-state index contributed by atoms with van der Waals surface area (Å²) in [4.78, 5) is 0. The Labute approximate surface area is 81.7 Å². The Morgan fingerprint density at radius 1 is 1.15 bits per heavy atom. The third-order valence-corrected chi connectivity index (χ3v) is 2.83. The summed E-state index contributed by atoms with van der Waals surface area (Å²) in [6.45, 7) is 9.19. The third kappa shape index (κ3) is 6.83. The zero-order chi connectivity index (χ0) is 9.40. The first-order chi connectivity index (χ1) is 5.83. The van der Waals surface area contributed by atoms with Crippen LogP contribution in [0.1, 0.15) is 52.4 Å². The van der Waals surface area contributed by atoms with Crippen molar-refractivity contribution in [2.75, 3.05) is 0 Å². The summed E-state index contributed by atoms with van der Waals surface area (Å²) >= 11 is 0.